The van der Waals surface area contributed by atoms with Crippen molar-refractivity contribution in [1.29, 1.82) is 0 Å². The Morgan fingerprint density at radius 1 is 1.00 bits per heavy atom. The molecule has 0 radical (unpaired) electrons. The highest BCUT2D eigenvalue weighted by Crippen LogP contribution is 2.26. The molecule has 9 heteroatoms. The molecule has 2 aromatic carbocycles. The molecule has 0 saturated heterocycles. The maximum atomic E-state index is 12.7. The lowest BCUT2D eigenvalue weighted by Gasteiger charge is -2.15. The van der Waals surface area contributed by atoms with Crippen LogP contribution < -0.4 is 10.0 Å². The average Bonchev–Trinajstić information content (AvgIpc) is 2.72. The molecule has 3 aromatic rings. The van der Waals surface area contributed by atoms with Crippen molar-refractivity contribution in [3.63, 3.8) is 0 Å². The van der Waals surface area contributed by atoms with Gasteiger partial charge in [0.1, 0.15) is 0 Å². The van der Waals surface area contributed by atoms with E-state index in [2.05, 4.69) is 20.0 Å². The van der Waals surface area contributed by atoms with E-state index in [1.165, 1.54) is 23.9 Å². The largest absolute Gasteiger partial charge is 0.325 e. The first-order chi connectivity index (χ1) is 14.8. The van der Waals surface area contributed by atoms with Crippen LogP contribution >= 0.6 is 11.8 Å². The van der Waals surface area contributed by atoms with E-state index in [9.17, 15) is 13.2 Å². The van der Waals surface area contributed by atoms with E-state index in [1.54, 1.807) is 32.0 Å². The number of sulfonamides is 1. The minimum atomic E-state index is -3.85. The quantitative estimate of drug-likeness (QED) is 0.487. The van der Waals surface area contributed by atoms with Crippen molar-refractivity contribution in [3.8, 4) is 0 Å². The van der Waals surface area contributed by atoms with Gasteiger partial charge < -0.3 is 5.32 Å². The summed E-state index contributed by atoms with van der Waals surface area (Å²) >= 11 is 1.50. The highest BCUT2D eigenvalue weighted by molar-refractivity contribution is 8.00. The number of hydrogen-bond acceptors (Lipinski definition) is 6. The number of nitrogens with zero attached hydrogens (tertiary/aromatic N) is 2. The molecule has 0 aliphatic heterocycles. The second-order valence-electron chi connectivity index (χ2n) is 6.92. The summed E-state index contributed by atoms with van der Waals surface area (Å²) in [5, 5.41) is 2.60. The molecule has 0 aliphatic carbocycles. The summed E-state index contributed by atoms with van der Waals surface area (Å²) in [7, 11) is -3.85. The molecule has 1 heterocycles. The fourth-order valence-corrected chi connectivity index (χ4v) is 4.80. The van der Waals surface area contributed by atoms with Crippen LogP contribution in [-0.4, -0.2) is 29.5 Å². The Bertz CT molecular complexity index is 1130. The fourth-order valence-electron chi connectivity index (χ4n) is 2.88. The second kappa shape index (κ2) is 9.93. The molecule has 2 N–H and O–H groups in total. The monoisotopic (exact) mass is 456 g/mol. The standard InChI is InChI=1S/C22H24N4O3S2/c1-4-20(30-18-8-6-5-7-9-18)21(27)25-17-10-12-19(13-11-17)31(28,29)26-22-23-15(2)14-16(3)24-22/h5-14,20H,4H2,1-3H3,(H,25,27)(H,23,24,26). The first kappa shape index (κ1) is 22.8. The summed E-state index contributed by atoms with van der Waals surface area (Å²) in [5.41, 5.74) is 1.86. The Hall–Kier alpha value is -2.91. The van der Waals surface area contributed by atoms with Crippen LogP contribution in [0.25, 0.3) is 0 Å². The molecule has 1 atom stereocenters. The normalized spacial score (nSPS) is 12.2. The summed E-state index contributed by atoms with van der Waals surface area (Å²) in [4.78, 5) is 21.9. The number of nitrogens with one attached hydrogen (secondary N) is 2. The van der Waals surface area contributed by atoms with Crippen molar-refractivity contribution in [2.45, 2.75) is 42.2 Å². The molecule has 0 saturated carbocycles. The lowest BCUT2D eigenvalue weighted by molar-refractivity contribution is -0.115. The third-order valence-electron chi connectivity index (χ3n) is 4.32. The molecule has 0 spiro atoms. The number of rotatable bonds is 8. The van der Waals surface area contributed by atoms with E-state index in [0.717, 1.165) is 4.90 Å². The van der Waals surface area contributed by atoms with Crippen LogP contribution in [0.4, 0.5) is 11.6 Å². The summed E-state index contributed by atoms with van der Waals surface area (Å²) in [6, 6.07) is 17.5. The number of hydrogen-bond donors (Lipinski definition) is 2. The number of carbonyl (C=O) groups excluding carboxylic acids is 1. The zero-order valence-electron chi connectivity index (χ0n) is 17.5. The second-order valence-corrected chi connectivity index (χ2v) is 9.88. The summed E-state index contributed by atoms with van der Waals surface area (Å²) in [5.74, 6) is -0.104. The van der Waals surface area contributed by atoms with Gasteiger partial charge in [0.05, 0.1) is 10.1 Å². The van der Waals surface area contributed by atoms with Gasteiger partial charge in [-0.2, -0.15) is 0 Å². The number of amides is 1. The minimum Gasteiger partial charge on any atom is -0.325 e. The Labute approximate surface area is 186 Å². The molecule has 1 amide bonds. The third-order valence-corrected chi connectivity index (χ3v) is 7.05. The molecule has 0 fully saturated rings. The van der Waals surface area contributed by atoms with Crippen molar-refractivity contribution >= 4 is 39.3 Å². The first-order valence-electron chi connectivity index (χ1n) is 9.74. The van der Waals surface area contributed by atoms with Gasteiger partial charge in [0.2, 0.25) is 11.9 Å². The van der Waals surface area contributed by atoms with E-state index in [1.807, 2.05) is 37.3 Å². The predicted molar refractivity (Wildman–Crippen MR) is 124 cm³/mol. The lowest BCUT2D eigenvalue weighted by atomic mass is 10.3. The van der Waals surface area contributed by atoms with Crippen molar-refractivity contribution in [2.24, 2.45) is 0 Å². The van der Waals surface area contributed by atoms with Crippen LogP contribution in [0.2, 0.25) is 0 Å². The topological polar surface area (TPSA) is 101 Å². The van der Waals surface area contributed by atoms with Crippen LogP contribution in [0, 0.1) is 13.8 Å². The highest BCUT2D eigenvalue weighted by atomic mass is 32.2. The van der Waals surface area contributed by atoms with E-state index < -0.39 is 10.0 Å². The van der Waals surface area contributed by atoms with Gasteiger partial charge in [-0.3, -0.25) is 4.79 Å². The zero-order valence-corrected chi connectivity index (χ0v) is 19.1. The average molecular weight is 457 g/mol. The van der Waals surface area contributed by atoms with Crippen molar-refractivity contribution in [1.82, 2.24) is 9.97 Å². The van der Waals surface area contributed by atoms with Crippen LogP contribution in [0.15, 0.2) is 70.5 Å². The van der Waals surface area contributed by atoms with Gasteiger partial charge in [-0.15, -0.1) is 11.8 Å². The summed E-state index contributed by atoms with van der Waals surface area (Å²) in [6.45, 7) is 5.49. The van der Waals surface area contributed by atoms with E-state index in [-0.39, 0.29) is 22.0 Å². The highest BCUT2D eigenvalue weighted by Gasteiger charge is 2.19. The Morgan fingerprint density at radius 3 is 2.19 bits per heavy atom. The molecule has 0 aliphatic rings. The smallest absolute Gasteiger partial charge is 0.264 e. The van der Waals surface area contributed by atoms with Crippen LogP contribution in [-0.2, 0) is 14.8 Å². The Kier molecular flexibility index (Phi) is 7.29. The predicted octanol–water partition coefficient (Wildman–Crippen LogP) is 4.40. The van der Waals surface area contributed by atoms with Gasteiger partial charge in [0, 0.05) is 22.0 Å². The Morgan fingerprint density at radius 2 is 1.61 bits per heavy atom. The number of aryl methyl sites for hydroxylation is 2. The SMILES string of the molecule is CCC(Sc1ccccc1)C(=O)Nc1ccc(S(=O)(=O)Nc2nc(C)cc(C)n2)cc1. The number of benzene rings is 2. The molecule has 0 bridgehead atoms. The van der Waals surface area contributed by atoms with E-state index in [0.29, 0.717) is 23.5 Å². The maximum Gasteiger partial charge on any atom is 0.264 e. The van der Waals surface area contributed by atoms with Crippen LogP contribution in [0.5, 0.6) is 0 Å². The van der Waals surface area contributed by atoms with E-state index in [4.69, 9.17) is 0 Å². The maximum absolute atomic E-state index is 12.7. The van der Waals surface area contributed by atoms with Gasteiger partial charge in [0.15, 0.2) is 0 Å². The fraction of sp³-hybridized carbons (Fsp3) is 0.227. The number of anilines is 2. The molecule has 162 valence electrons. The van der Waals surface area contributed by atoms with Gasteiger partial charge >= 0.3 is 0 Å². The Balaban J connectivity index is 1.68. The van der Waals surface area contributed by atoms with Gasteiger partial charge in [-0.05, 0) is 62.7 Å². The molecule has 31 heavy (non-hydrogen) atoms. The number of aromatic nitrogens is 2. The first-order valence-corrected chi connectivity index (χ1v) is 12.1. The van der Waals surface area contributed by atoms with Gasteiger partial charge in [-0.25, -0.2) is 23.1 Å². The summed E-state index contributed by atoms with van der Waals surface area (Å²) in [6.07, 6.45) is 0.664. The van der Waals surface area contributed by atoms with Crippen molar-refractivity contribution in [3.05, 3.63) is 72.1 Å². The van der Waals surface area contributed by atoms with Gasteiger partial charge in [0.25, 0.3) is 10.0 Å². The molecular formula is C22H24N4O3S2. The van der Waals surface area contributed by atoms with Crippen LogP contribution in [0.3, 0.4) is 0 Å². The number of thioether (sulfide) groups is 1. The third kappa shape index (κ3) is 6.28. The molecule has 1 aromatic heterocycles. The minimum absolute atomic E-state index is 0.0265. The number of carbonyl (C=O) groups is 1. The van der Waals surface area contributed by atoms with E-state index >= 15 is 0 Å². The molecule has 7 nitrogen and oxygen atoms in total. The summed E-state index contributed by atoms with van der Waals surface area (Å²) < 4.78 is 27.7. The zero-order chi connectivity index (χ0) is 22.4. The molecule has 3 rings (SSSR count). The van der Waals surface area contributed by atoms with Crippen molar-refractivity contribution in [2.75, 3.05) is 10.0 Å². The molecule has 1 unspecified atom stereocenters. The van der Waals surface area contributed by atoms with Gasteiger partial charge in [-0.1, -0.05) is 25.1 Å². The van der Waals surface area contributed by atoms with Crippen molar-refractivity contribution < 1.29 is 13.2 Å². The lowest BCUT2D eigenvalue weighted by Crippen LogP contribution is -2.24. The molecular weight excluding hydrogens is 432 g/mol. The van der Waals surface area contributed by atoms with Crippen LogP contribution in [0.1, 0.15) is 24.7 Å².